The summed E-state index contributed by atoms with van der Waals surface area (Å²) in [6, 6.07) is 7.44. The number of piperidine rings is 1. The molecule has 0 atom stereocenters. The number of hydrogen-bond donors (Lipinski definition) is 0. The van der Waals surface area contributed by atoms with Crippen molar-refractivity contribution in [3.05, 3.63) is 41.2 Å². The number of aryl methyl sites for hydroxylation is 1. The second kappa shape index (κ2) is 7.23. The van der Waals surface area contributed by atoms with E-state index in [-0.39, 0.29) is 11.8 Å². The molecule has 1 saturated heterocycles. The first kappa shape index (κ1) is 17.9. The normalized spacial score (nSPS) is 15.4. The fourth-order valence-corrected chi connectivity index (χ4v) is 3.83. The van der Waals surface area contributed by atoms with E-state index in [0.29, 0.717) is 11.6 Å². The Balaban J connectivity index is 1.40. The summed E-state index contributed by atoms with van der Waals surface area (Å²) in [5, 5.41) is 9.95. The molecule has 1 amide bonds. The second-order valence-corrected chi connectivity index (χ2v) is 7.48. The van der Waals surface area contributed by atoms with Gasteiger partial charge < -0.3 is 14.3 Å². The van der Waals surface area contributed by atoms with Crippen LogP contribution in [0.1, 0.15) is 18.5 Å². The van der Waals surface area contributed by atoms with Gasteiger partial charge in [-0.3, -0.25) is 9.48 Å². The lowest BCUT2D eigenvalue weighted by Gasteiger charge is -2.33. The molecule has 0 aliphatic carbocycles. The average molecular weight is 388 g/mol. The van der Waals surface area contributed by atoms with E-state index >= 15 is 0 Å². The van der Waals surface area contributed by atoms with Gasteiger partial charge in [-0.25, -0.2) is 0 Å². The molecule has 1 aliphatic heterocycles. The Morgan fingerprint density at radius 3 is 2.81 bits per heavy atom. The van der Waals surface area contributed by atoms with E-state index in [9.17, 15) is 4.79 Å². The van der Waals surface area contributed by atoms with E-state index in [1.807, 2.05) is 32.3 Å². The lowest BCUT2D eigenvalue weighted by molar-refractivity contribution is -0.135. The fourth-order valence-electron chi connectivity index (χ4n) is 3.65. The third kappa shape index (κ3) is 3.51. The Labute approximate surface area is 162 Å². The van der Waals surface area contributed by atoms with Crippen LogP contribution in [0.15, 0.2) is 35.0 Å². The van der Waals surface area contributed by atoms with Crippen molar-refractivity contribution in [3.8, 4) is 0 Å². The highest BCUT2D eigenvalue weighted by Crippen LogP contribution is 2.31. The molecule has 0 bridgehead atoms. The van der Waals surface area contributed by atoms with Crippen molar-refractivity contribution in [2.24, 2.45) is 13.0 Å². The van der Waals surface area contributed by atoms with Crippen molar-refractivity contribution in [3.63, 3.8) is 0 Å². The van der Waals surface area contributed by atoms with Gasteiger partial charge in [0.15, 0.2) is 11.4 Å². The molecule has 142 valence electrons. The first-order chi connectivity index (χ1) is 13.0. The first-order valence-corrected chi connectivity index (χ1v) is 9.42. The van der Waals surface area contributed by atoms with Crippen LogP contribution in [0.25, 0.3) is 11.0 Å². The topological polar surface area (TPSA) is 67.4 Å². The van der Waals surface area contributed by atoms with Gasteiger partial charge in [-0.2, -0.15) is 5.10 Å². The highest BCUT2D eigenvalue weighted by atomic mass is 35.5. The zero-order valence-corrected chi connectivity index (χ0v) is 16.2. The van der Waals surface area contributed by atoms with E-state index in [4.69, 9.17) is 16.1 Å². The molecule has 1 fully saturated rings. The van der Waals surface area contributed by atoms with Gasteiger partial charge in [-0.05, 0) is 37.1 Å². The number of hydrogen-bond acceptors (Lipinski definition) is 5. The number of rotatable bonds is 4. The van der Waals surface area contributed by atoms with Crippen LogP contribution in [0.2, 0.25) is 5.02 Å². The summed E-state index contributed by atoms with van der Waals surface area (Å²) in [5.41, 5.74) is 1.75. The van der Waals surface area contributed by atoms with Crippen LogP contribution >= 0.6 is 11.6 Å². The van der Waals surface area contributed by atoms with Gasteiger partial charge in [-0.1, -0.05) is 16.8 Å². The fraction of sp³-hybridized carbons (Fsp3) is 0.421. The van der Waals surface area contributed by atoms with Crippen LogP contribution in [0.4, 0.5) is 5.82 Å². The van der Waals surface area contributed by atoms with Crippen LogP contribution in [-0.2, 0) is 18.4 Å². The predicted molar refractivity (Wildman–Crippen MR) is 104 cm³/mol. The minimum absolute atomic E-state index is 0.0289. The number of halogens is 1. The number of carbonyl (C=O) groups excluding carboxylic acids is 1. The SMILES string of the molecule is CN(Cc1ccnn1C)C(=O)C1CCN(c2noc3ccc(Cl)cc23)CC1. The number of fused-ring (bicyclic) bond motifs is 1. The van der Waals surface area contributed by atoms with Gasteiger partial charge in [-0.15, -0.1) is 0 Å². The molecule has 0 radical (unpaired) electrons. The minimum Gasteiger partial charge on any atom is -0.354 e. The molecule has 7 nitrogen and oxygen atoms in total. The summed E-state index contributed by atoms with van der Waals surface area (Å²) in [7, 11) is 3.75. The van der Waals surface area contributed by atoms with Crippen molar-refractivity contribution in [1.29, 1.82) is 0 Å². The van der Waals surface area contributed by atoms with E-state index < -0.39 is 0 Å². The third-order valence-electron chi connectivity index (χ3n) is 5.25. The molecule has 4 rings (SSSR count). The van der Waals surface area contributed by atoms with Crippen LogP contribution in [-0.4, -0.2) is 45.9 Å². The Morgan fingerprint density at radius 2 is 2.11 bits per heavy atom. The Hall–Kier alpha value is -2.54. The maximum atomic E-state index is 12.8. The molecule has 2 aromatic heterocycles. The van der Waals surface area contributed by atoms with Crippen molar-refractivity contribution < 1.29 is 9.32 Å². The summed E-state index contributed by atoms with van der Waals surface area (Å²) >= 11 is 6.11. The first-order valence-electron chi connectivity index (χ1n) is 9.04. The summed E-state index contributed by atoms with van der Waals surface area (Å²) in [6.45, 7) is 2.11. The molecular weight excluding hydrogens is 366 g/mol. The molecule has 0 saturated carbocycles. The van der Waals surface area contributed by atoms with Crippen LogP contribution < -0.4 is 4.90 Å². The van der Waals surface area contributed by atoms with Gasteiger partial charge >= 0.3 is 0 Å². The number of anilines is 1. The molecule has 0 unspecified atom stereocenters. The van der Waals surface area contributed by atoms with Crippen LogP contribution in [0.5, 0.6) is 0 Å². The van der Waals surface area contributed by atoms with Crippen LogP contribution in [0.3, 0.4) is 0 Å². The summed E-state index contributed by atoms with van der Waals surface area (Å²) < 4.78 is 7.20. The van der Waals surface area contributed by atoms with Gasteiger partial charge in [0.1, 0.15) is 0 Å². The molecule has 8 heteroatoms. The quantitative estimate of drug-likeness (QED) is 0.688. The molecule has 3 aromatic rings. The highest BCUT2D eigenvalue weighted by Gasteiger charge is 2.29. The Morgan fingerprint density at radius 1 is 1.33 bits per heavy atom. The van der Waals surface area contributed by atoms with Crippen molar-refractivity contribution >= 4 is 34.3 Å². The van der Waals surface area contributed by atoms with E-state index in [1.165, 1.54) is 0 Å². The molecular formula is C19H22ClN5O2. The van der Waals surface area contributed by atoms with Crippen molar-refractivity contribution in [2.45, 2.75) is 19.4 Å². The van der Waals surface area contributed by atoms with Gasteiger partial charge in [0.05, 0.1) is 17.6 Å². The number of carbonyl (C=O) groups is 1. The Kier molecular flexibility index (Phi) is 4.78. The maximum Gasteiger partial charge on any atom is 0.225 e. The van der Waals surface area contributed by atoms with Gasteiger partial charge in [0.25, 0.3) is 0 Å². The van der Waals surface area contributed by atoms with E-state index in [1.54, 1.807) is 21.8 Å². The monoisotopic (exact) mass is 387 g/mol. The Bertz CT molecular complexity index is 958. The molecule has 0 N–H and O–H groups in total. The highest BCUT2D eigenvalue weighted by molar-refractivity contribution is 6.31. The second-order valence-electron chi connectivity index (χ2n) is 7.05. The number of benzene rings is 1. The standard InChI is InChI=1S/C19H22ClN5O2/c1-23(12-15-5-8-21-24(15)2)19(26)13-6-9-25(10-7-13)18-16-11-14(20)3-4-17(16)27-22-18/h3-5,8,11,13H,6-7,9-10,12H2,1-2H3. The minimum atomic E-state index is 0.0289. The zero-order chi connectivity index (χ0) is 19.0. The zero-order valence-electron chi connectivity index (χ0n) is 15.4. The van der Waals surface area contributed by atoms with Crippen LogP contribution in [0, 0.1) is 5.92 Å². The maximum absolute atomic E-state index is 12.8. The van der Waals surface area contributed by atoms with Gasteiger partial charge in [0, 0.05) is 44.3 Å². The summed E-state index contributed by atoms with van der Waals surface area (Å²) in [6.07, 6.45) is 3.34. The summed E-state index contributed by atoms with van der Waals surface area (Å²) in [5.74, 6) is 1.02. The smallest absolute Gasteiger partial charge is 0.225 e. The molecule has 27 heavy (non-hydrogen) atoms. The average Bonchev–Trinajstić information content (AvgIpc) is 3.27. The van der Waals surface area contributed by atoms with Crippen molar-refractivity contribution in [2.75, 3.05) is 25.0 Å². The predicted octanol–water partition coefficient (Wildman–Crippen LogP) is 3.09. The van der Waals surface area contributed by atoms with Crippen molar-refractivity contribution in [1.82, 2.24) is 19.8 Å². The lowest BCUT2D eigenvalue weighted by Crippen LogP contribution is -2.41. The molecule has 0 spiro atoms. The van der Waals surface area contributed by atoms with Gasteiger partial charge in [0.2, 0.25) is 5.91 Å². The van der Waals surface area contributed by atoms with E-state index in [2.05, 4.69) is 15.2 Å². The number of aromatic nitrogens is 3. The largest absolute Gasteiger partial charge is 0.354 e. The van der Waals surface area contributed by atoms with E-state index in [0.717, 1.165) is 48.4 Å². The molecule has 1 aliphatic rings. The lowest BCUT2D eigenvalue weighted by atomic mass is 9.95. The molecule has 3 heterocycles. The molecule has 1 aromatic carbocycles. The number of nitrogens with zero attached hydrogens (tertiary/aromatic N) is 5. The summed E-state index contributed by atoms with van der Waals surface area (Å²) in [4.78, 5) is 16.8. The third-order valence-corrected chi connectivity index (χ3v) is 5.49. The number of amides is 1.